The van der Waals surface area contributed by atoms with Gasteiger partial charge in [0.2, 0.25) is 0 Å². The summed E-state index contributed by atoms with van der Waals surface area (Å²) in [6.07, 6.45) is 0.895. The number of amides is 1. The summed E-state index contributed by atoms with van der Waals surface area (Å²) in [6.45, 7) is 4.13. The van der Waals surface area contributed by atoms with Crippen LogP contribution in [0.1, 0.15) is 35.0 Å². The Bertz CT molecular complexity index is 1000. The lowest BCUT2D eigenvalue weighted by atomic mass is 9.97. The normalized spacial score (nSPS) is 21.4. The molecule has 4 rings (SSSR count). The van der Waals surface area contributed by atoms with E-state index in [1.807, 2.05) is 49.4 Å². The van der Waals surface area contributed by atoms with Gasteiger partial charge in [-0.1, -0.05) is 55.0 Å². The molecule has 0 unspecified atom stereocenters. The van der Waals surface area contributed by atoms with Crippen LogP contribution in [0.15, 0.2) is 65.5 Å². The second kappa shape index (κ2) is 6.02. The Balaban J connectivity index is 1.51. The molecule has 2 N–H and O–H groups in total. The molecule has 5 heteroatoms. The quantitative estimate of drug-likeness (QED) is 0.762. The van der Waals surface area contributed by atoms with E-state index in [4.69, 9.17) is 0 Å². The molecule has 1 amide bonds. The summed E-state index contributed by atoms with van der Waals surface area (Å²) < 4.78 is 1.39. The lowest BCUT2D eigenvalue weighted by molar-refractivity contribution is 0.0943. The summed E-state index contributed by atoms with van der Waals surface area (Å²) in [6, 6.07) is 19.2. The molecule has 1 fully saturated rings. The number of aryl methyl sites for hydroxylation is 1. The molecular weight excluding hydrogens is 326 g/mol. The summed E-state index contributed by atoms with van der Waals surface area (Å²) in [5, 5.41) is 5.95. The van der Waals surface area contributed by atoms with E-state index >= 15 is 0 Å². The minimum atomic E-state index is -0.252. The Hall–Kier alpha value is -3.08. The van der Waals surface area contributed by atoms with Gasteiger partial charge in [0.25, 0.3) is 11.5 Å². The lowest BCUT2D eigenvalue weighted by Gasteiger charge is -2.12. The summed E-state index contributed by atoms with van der Waals surface area (Å²) in [4.78, 5) is 24.8. The van der Waals surface area contributed by atoms with Crippen molar-refractivity contribution >= 4 is 5.91 Å². The topological polar surface area (TPSA) is 66.9 Å². The van der Waals surface area contributed by atoms with Crippen LogP contribution >= 0.6 is 0 Å². The van der Waals surface area contributed by atoms with E-state index in [0.29, 0.717) is 5.69 Å². The summed E-state index contributed by atoms with van der Waals surface area (Å²) in [7, 11) is 0. The van der Waals surface area contributed by atoms with Crippen molar-refractivity contribution in [3.05, 3.63) is 87.8 Å². The third-order valence-electron chi connectivity index (χ3n) is 5.23. The van der Waals surface area contributed by atoms with E-state index in [0.717, 1.165) is 12.0 Å². The lowest BCUT2D eigenvalue weighted by Crippen LogP contribution is -2.30. The minimum Gasteiger partial charge on any atom is -0.347 e. The number of aromatic nitrogens is 2. The molecule has 1 aromatic heterocycles. The smallest absolute Gasteiger partial charge is 0.271 e. The molecule has 1 heterocycles. The highest BCUT2D eigenvalue weighted by molar-refractivity contribution is 5.92. The van der Waals surface area contributed by atoms with Crippen molar-refractivity contribution in [3.63, 3.8) is 0 Å². The standard InChI is InChI=1S/C21H21N3O2/c1-14-8-10-16(11-9-14)24-19(25)12-17(23-24)20(26)22-18-13-21(18,2)15-6-4-3-5-7-15/h3-12,18,23H,13H2,1-2H3,(H,22,26)/t18-,21+/m1/s1. The van der Waals surface area contributed by atoms with Gasteiger partial charge in [0.15, 0.2) is 0 Å². The van der Waals surface area contributed by atoms with E-state index in [9.17, 15) is 9.59 Å². The van der Waals surface area contributed by atoms with Crippen LogP contribution < -0.4 is 10.9 Å². The third-order valence-corrected chi connectivity index (χ3v) is 5.23. The van der Waals surface area contributed by atoms with Crippen LogP contribution in [0.4, 0.5) is 0 Å². The first-order chi connectivity index (χ1) is 12.5. The Kier molecular flexibility index (Phi) is 3.80. The van der Waals surface area contributed by atoms with Gasteiger partial charge in [-0.05, 0) is 31.0 Å². The van der Waals surface area contributed by atoms with Crippen LogP contribution in [-0.2, 0) is 5.41 Å². The van der Waals surface area contributed by atoms with Gasteiger partial charge < -0.3 is 5.32 Å². The second-order valence-electron chi connectivity index (χ2n) is 7.19. The van der Waals surface area contributed by atoms with Crippen molar-refractivity contribution in [2.75, 3.05) is 0 Å². The fourth-order valence-corrected chi connectivity index (χ4v) is 3.35. The first-order valence-corrected chi connectivity index (χ1v) is 8.73. The van der Waals surface area contributed by atoms with Gasteiger partial charge in [0.1, 0.15) is 5.69 Å². The van der Waals surface area contributed by atoms with Gasteiger partial charge in [-0.15, -0.1) is 0 Å². The number of benzene rings is 2. The molecule has 2 atom stereocenters. The van der Waals surface area contributed by atoms with Crippen LogP contribution in [-0.4, -0.2) is 21.7 Å². The van der Waals surface area contributed by atoms with Crippen LogP contribution in [0.3, 0.4) is 0 Å². The molecule has 0 bridgehead atoms. The third kappa shape index (κ3) is 2.86. The summed E-state index contributed by atoms with van der Waals surface area (Å²) >= 11 is 0. The molecule has 1 aliphatic carbocycles. The van der Waals surface area contributed by atoms with Crippen molar-refractivity contribution in [1.82, 2.24) is 15.1 Å². The van der Waals surface area contributed by atoms with Gasteiger partial charge >= 0.3 is 0 Å². The molecule has 5 nitrogen and oxygen atoms in total. The maximum absolute atomic E-state index is 12.6. The maximum Gasteiger partial charge on any atom is 0.271 e. The highest BCUT2D eigenvalue weighted by Gasteiger charge is 2.52. The molecule has 2 aromatic carbocycles. The number of rotatable bonds is 4. The highest BCUT2D eigenvalue weighted by Crippen LogP contribution is 2.47. The number of nitrogens with one attached hydrogen (secondary N) is 2. The molecule has 0 aliphatic heterocycles. The van der Waals surface area contributed by atoms with Gasteiger partial charge in [0.05, 0.1) is 5.69 Å². The number of nitrogens with zero attached hydrogens (tertiary/aromatic N) is 1. The SMILES string of the molecule is Cc1ccc(-n2[nH]c(C(=O)N[C@@H]3C[C@@]3(C)c3ccccc3)cc2=O)cc1. The van der Waals surface area contributed by atoms with Crippen molar-refractivity contribution in [1.29, 1.82) is 0 Å². The second-order valence-corrected chi connectivity index (χ2v) is 7.19. The molecule has 3 aromatic rings. The van der Waals surface area contributed by atoms with Gasteiger partial charge in [0, 0.05) is 17.5 Å². The monoisotopic (exact) mass is 347 g/mol. The predicted octanol–water partition coefficient (Wildman–Crippen LogP) is 2.93. The summed E-state index contributed by atoms with van der Waals surface area (Å²) in [5.74, 6) is -0.252. The Labute approximate surface area is 151 Å². The van der Waals surface area contributed by atoms with Crippen molar-refractivity contribution < 1.29 is 4.79 Å². The Morgan fingerprint density at radius 2 is 1.85 bits per heavy atom. The zero-order valence-corrected chi connectivity index (χ0v) is 14.8. The van der Waals surface area contributed by atoms with E-state index in [2.05, 4.69) is 29.5 Å². The number of carbonyl (C=O) groups excluding carboxylic acids is 1. The molecule has 132 valence electrons. The first-order valence-electron chi connectivity index (χ1n) is 8.73. The fourth-order valence-electron chi connectivity index (χ4n) is 3.35. The van der Waals surface area contributed by atoms with Gasteiger partial charge in [-0.2, -0.15) is 0 Å². The number of H-pyrrole nitrogens is 1. The van der Waals surface area contributed by atoms with Gasteiger partial charge in [-0.25, -0.2) is 4.68 Å². The van der Waals surface area contributed by atoms with Crippen molar-refractivity contribution in [2.45, 2.75) is 31.7 Å². The largest absolute Gasteiger partial charge is 0.347 e. The average Bonchev–Trinajstić information content (AvgIpc) is 3.13. The molecule has 1 saturated carbocycles. The van der Waals surface area contributed by atoms with Crippen LogP contribution in [0.5, 0.6) is 0 Å². The fraction of sp³-hybridized carbons (Fsp3) is 0.238. The Morgan fingerprint density at radius 3 is 2.54 bits per heavy atom. The Morgan fingerprint density at radius 1 is 1.15 bits per heavy atom. The molecular formula is C21H21N3O2. The van der Waals surface area contributed by atoms with E-state index < -0.39 is 0 Å². The van der Waals surface area contributed by atoms with Crippen LogP contribution in [0, 0.1) is 6.92 Å². The molecule has 0 saturated heterocycles. The molecule has 26 heavy (non-hydrogen) atoms. The number of hydrogen-bond donors (Lipinski definition) is 2. The van der Waals surface area contributed by atoms with E-state index in [1.165, 1.54) is 16.3 Å². The predicted molar refractivity (Wildman–Crippen MR) is 101 cm³/mol. The number of hydrogen-bond acceptors (Lipinski definition) is 2. The maximum atomic E-state index is 12.6. The number of carbonyl (C=O) groups is 1. The van der Waals surface area contributed by atoms with Crippen LogP contribution in [0.2, 0.25) is 0 Å². The van der Waals surface area contributed by atoms with Crippen molar-refractivity contribution in [2.24, 2.45) is 0 Å². The zero-order valence-electron chi connectivity index (χ0n) is 14.8. The van der Waals surface area contributed by atoms with Crippen LogP contribution in [0.25, 0.3) is 5.69 Å². The van der Waals surface area contributed by atoms with E-state index in [1.54, 1.807) is 0 Å². The molecule has 0 radical (unpaired) electrons. The van der Waals surface area contributed by atoms with Crippen molar-refractivity contribution in [3.8, 4) is 5.69 Å². The van der Waals surface area contributed by atoms with E-state index in [-0.39, 0.29) is 28.6 Å². The zero-order chi connectivity index (χ0) is 18.3. The summed E-state index contributed by atoms with van der Waals surface area (Å²) in [5.41, 5.74) is 3.02. The molecule has 1 aliphatic rings. The van der Waals surface area contributed by atoms with Gasteiger partial charge in [-0.3, -0.25) is 14.7 Å². The number of aromatic amines is 1. The first kappa shape index (κ1) is 16.4. The minimum absolute atomic E-state index is 0.0449. The highest BCUT2D eigenvalue weighted by atomic mass is 16.2. The average molecular weight is 347 g/mol. The molecule has 0 spiro atoms.